The molecule has 0 amide bonds. The van der Waals surface area contributed by atoms with Gasteiger partial charge in [-0.3, -0.25) is 4.57 Å². The average Bonchev–Trinajstić information content (AvgIpc) is 3.88. The summed E-state index contributed by atoms with van der Waals surface area (Å²) in [4.78, 5) is 9.96. The highest BCUT2D eigenvalue weighted by Gasteiger charge is 2.32. The van der Waals surface area contributed by atoms with Crippen molar-refractivity contribution in [1.29, 1.82) is 0 Å². The lowest BCUT2D eigenvalue weighted by atomic mass is 9.79. The molecule has 0 fully saturated rings. The first-order chi connectivity index (χ1) is 34.3. The van der Waals surface area contributed by atoms with E-state index in [9.17, 15) is 0 Å². The smallest absolute Gasteiger partial charge is 0.137 e. The number of hydrogen-bond acceptors (Lipinski definition) is 4. The highest BCUT2D eigenvalue weighted by atomic mass is 16.5. The predicted octanol–water partition coefficient (Wildman–Crippen LogP) is 19.0. The Balaban J connectivity index is 1.06. The molecule has 3 heterocycles. The van der Waals surface area contributed by atoms with Crippen LogP contribution in [0.5, 0.6) is 11.5 Å². The number of pyridine rings is 1. The van der Waals surface area contributed by atoms with Crippen molar-refractivity contribution in [2.24, 2.45) is 0 Å². The van der Waals surface area contributed by atoms with Gasteiger partial charge in [-0.1, -0.05) is 177 Å². The summed E-state index contributed by atoms with van der Waals surface area (Å²) in [5.74, 6) is 2.43. The van der Waals surface area contributed by atoms with Gasteiger partial charge >= 0.3 is 0 Å². The molecule has 0 atom stereocenters. The van der Waals surface area contributed by atoms with Crippen LogP contribution in [-0.4, -0.2) is 16.2 Å². The molecule has 0 aliphatic carbocycles. The maximum absolute atomic E-state index is 6.96. The van der Waals surface area contributed by atoms with Crippen LogP contribution in [-0.2, 0) is 27.1 Å². The van der Waals surface area contributed by atoms with Gasteiger partial charge in [0.2, 0.25) is 0 Å². The van der Waals surface area contributed by atoms with Gasteiger partial charge in [0, 0.05) is 40.5 Å². The highest BCUT2D eigenvalue weighted by Crippen LogP contribution is 2.48. The highest BCUT2D eigenvalue weighted by molar-refractivity contribution is 6.10. The van der Waals surface area contributed by atoms with Crippen LogP contribution in [0, 0.1) is 0 Å². The fraction of sp³-hybridized carbons (Fsp3) is 0.309. The number of benzene rings is 7. The van der Waals surface area contributed by atoms with E-state index in [2.05, 4.69) is 276 Å². The lowest BCUT2D eigenvalue weighted by molar-refractivity contribution is 0.483. The van der Waals surface area contributed by atoms with Crippen LogP contribution >= 0.6 is 0 Å². The molecule has 2 aromatic heterocycles. The van der Waals surface area contributed by atoms with Crippen molar-refractivity contribution >= 4 is 44.6 Å². The summed E-state index contributed by atoms with van der Waals surface area (Å²) in [6.07, 6.45) is 1.95. The quantitative estimate of drug-likeness (QED) is 0.159. The molecule has 372 valence electrons. The summed E-state index contributed by atoms with van der Waals surface area (Å²) in [5, 5.41) is 2.33. The zero-order valence-corrected chi connectivity index (χ0v) is 46.0. The van der Waals surface area contributed by atoms with Gasteiger partial charge in [-0.15, -0.1) is 0 Å². The molecule has 9 aromatic rings. The minimum Gasteiger partial charge on any atom is -0.457 e. The summed E-state index contributed by atoms with van der Waals surface area (Å²) in [6, 6.07) is 58.5. The molecule has 1 aliphatic heterocycles. The van der Waals surface area contributed by atoms with E-state index in [1.807, 2.05) is 6.20 Å². The van der Waals surface area contributed by atoms with Gasteiger partial charge in [0.1, 0.15) is 24.0 Å². The predicted molar refractivity (Wildman–Crippen MR) is 311 cm³/mol. The molecule has 5 heteroatoms. The van der Waals surface area contributed by atoms with E-state index in [0.29, 0.717) is 6.67 Å². The van der Waals surface area contributed by atoms with Crippen molar-refractivity contribution in [3.63, 3.8) is 0 Å². The Morgan fingerprint density at radius 1 is 0.370 bits per heavy atom. The molecule has 73 heavy (non-hydrogen) atoms. The van der Waals surface area contributed by atoms with E-state index in [1.165, 1.54) is 72.5 Å². The molecule has 0 spiro atoms. The average molecular weight is 963 g/mol. The zero-order valence-electron chi connectivity index (χ0n) is 46.0. The van der Waals surface area contributed by atoms with Crippen molar-refractivity contribution in [3.8, 4) is 39.6 Å². The van der Waals surface area contributed by atoms with Crippen LogP contribution in [0.1, 0.15) is 132 Å². The van der Waals surface area contributed by atoms with E-state index in [1.54, 1.807) is 0 Å². The molecule has 0 radical (unpaired) electrons. The summed E-state index contributed by atoms with van der Waals surface area (Å²) in [7, 11) is 0. The summed E-state index contributed by atoms with van der Waals surface area (Å²) in [6.45, 7) is 35.1. The van der Waals surface area contributed by atoms with Gasteiger partial charge in [0.25, 0.3) is 0 Å². The molecular formula is C68H74N4O. The SMILES string of the molecule is CC(C)(C)c1cc(-c2ccccc2)cc(N2CN(c3cccc(Oc4ccc5c6cc(-c7cc(C(C)(C)C)cc(C(C)(C)C)c7)ccc6n(-c6cc(C(C)(C)C)ccn6)c5c4)c3)c3cc(C(C)(C)C)ccc32)c1. The number of anilines is 4. The van der Waals surface area contributed by atoms with E-state index >= 15 is 0 Å². The van der Waals surface area contributed by atoms with Crippen LogP contribution in [0.4, 0.5) is 22.7 Å². The summed E-state index contributed by atoms with van der Waals surface area (Å²) >= 11 is 0. The van der Waals surface area contributed by atoms with E-state index in [4.69, 9.17) is 9.72 Å². The Kier molecular flexibility index (Phi) is 12.1. The zero-order chi connectivity index (χ0) is 52.0. The van der Waals surface area contributed by atoms with E-state index in [0.717, 1.165) is 39.4 Å². The Labute approximate surface area is 435 Å². The lowest BCUT2D eigenvalue weighted by Crippen LogP contribution is -2.24. The molecular weight excluding hydrogens is 889 g/mol. The van der Waals surface area contributed by atoms with Crippen molar-refractivity contribution in [3.05, 3.63) is 192 Å². The van der Waals surface area contributed by atoms with Crippen LogP contribution in [0.15, 0.2) is 164 Å². The molecule has 0 saturated heterocycles. The molecule has 5 nitrogen and oxygen atoms in total. The van der Waals surface area contributed by atoms with Gasteiger partial charge in [0.15, 0.2) is 0 Å². The first-order valence-corrected chi connectivity index (χ1v) is 26.2. The molecule has 1 aliphatic rings. The Bertz CT molecular complexity index is 3510. The van der Waals surface area contributed by atoms with Gasteiger partial charge in [-0.25, -0.2) is 4.98 Å². The van der Waals surface area contributed by atoms with E-state index in [-0.39, 0.29) is 27.1 Å². The van der Waals surface area contributed by atoms with E-state index < -0.39 is 0 Å². The molecule has 0 unspecified atom stereocenters. The number of fused-ring (bicyclic) bond motifs is 4. The maximum Gasteiger partial charge on any atom is 0.137 e. The van der Waals surface area contributed by atoms with Gasteiger partial charge < -0.3 is 14.5 Å². The van der Waals surface area contributed by atoms with Crippen molar-refractivity contribution < 1.29 is 4.74 Å². The first-order valence-electron chi connectivity index (χ1n) is 26.2. The number of ether oxygens (including phenoxy) is 1. The van der Waals surface area contributed by atoms with Crippen molar-refractivity contribution in [1.82, 2.24) is 9.55 Å². The van der Waals surface area contributed by atoms with Crippen molar-refractivity contribution in [2.45, 2.75) is 131 Å². The minimum atomic E-state index is -0.0471. The molecule has 0 bridgehead atoms. The maximum atomic E-state index is 6.96. The second kappa shape index (κ2) is 17.8. The van der Waals surface area contributed by atoms with Gasteiger partial charge in [-0.05, 0) is 150 Å². The minimum absolute atomic E-state index is 0.0106. The molecule has 0 N–H and O–H groups in total. The van der Waals surface area contributed by atoms with Crippen LogP contribution in [0.25, 0.3) is 49.9 Å². The third kappa shape index (κ3) is 9.79. The van der Waals surface area contributed by atoms with Crippen LogP contribution in [0.3, 0.4) is 0 Å². The molecule has 7 aromatic carbocycles. The first kappa shape index (κ1) is 49.5. The second-order valence-corrected chi connectivity index (χ2v) is 25.6. The Morgan fingerprint density at radius 3 is 1.63 bits per heavy atom. The molecule has 0 saturated carbocycles. The number of hydrogen-bond donors (Lipinski definition) is 0. The Morgan fingerprint density at radius 2 is 0.973 bits per heavy atom. The third-order valence-corrected chi connectivity index (χ3v) is 14.9. The number of nitrogens with zero attached hydrogens (tertiary/aromatic N) is 4. The second-order valence-electron chi connectivity index (χ2n) is 25.6. The largest absolute Gasteiger partial charge is 0.457 e. The normalized spacial score (nSPS) is 13.6. The topological polar surface area (TPSA) is 33.5 Å². The number of rotatable bonds is 7. The Hall–Kier alpha value is -7.11. The standard InChI is InChI=1S/C68H74N4O/c1-64(2,3)48-25-29-60-62(39-48)70(43-71(60)54-35-47(44-20-17-16-18-21-44)34-52(38-54)68(13,14)15)53-22-19-23-55(41-53)73-56-26-27-57-58-36-45(46-32-50(66(7,8)9)37-51(33-46)67(10,11)12)24-28-59(58)72(61(57)42-56)63-40-49(30-31-69-63)65(4,5)6/h16-42H,43H2,1-15H3. The van der Waals surface area contributed by atoms with Crippen LogP contribution < -0.4 is 14.5 Å². The van der Waals surface area contributed by atoms with Gasteiger partial charge in [0.05, 0.1) is 22.4 Å². The van der Waals surface area contributed by atoms with Crippen LogP contribution in [0.2, 0.25) is 0 Å². The monoisotopic (exact) mass is 963 g/mol. The van der Waals surface area contributed by atoms with Crippen molar-refractivity contribution in [2.75, 3.05) is 16.5 Å². The molecule has 10 rings (SSSR count). The third-order valence-electron chi connectivity index (χ3n) is 14.9. The van der Waals surface area contributed by atoms with Gasteiger partial charge in [-0.2, -0.15) is 0 Å². The fourth-order valence-corrected chi connectivity index (χ4v) is 10.2. The summed E-state index contributed by atoms with van der Waals surface area (Å²) < 4.78 is 9.27. The summed E-state index contributed by atoms with van der Waals surface area (Å²) in [5.41, 5.74) is 18.1. The number of aromatic nitrogens is 2. The lowest BCUT2D eigenvalue weighted by Gasteiger charge is -2.26. The fourth-order valence-electron chi connectivity index (χ4n) is 10.2.